The van der Waals surface area contributed by atoms with Gasteiger partial charge in [0, 0.05) is 31.4 Å². The van der Waals surface area contributed by atoms with E-state index in [-0.39, 0.29) is 0 Å². The molecule has 20 heavy (non-hydrogen) atoms. The van der Waals surface area contributed by atoms with E-state index in [0.717, 1.165) is 35.9 Å². The third kappa shape index (κ3) is 3.86. The number of aromatic nitrogens is 1. The van der Waals surface area contributed by atoms with Gasteiger partial charge in [0.25, 0.3) is 0 Å². The summed E-state index contributed by atoms with van der Waals surface area (Å²) in [6.45, 7) is 8.43. The maximum absolute atomic E-state index is 6.47. The van der Waals surface area contributed by atoms with Gasteiger partial charge in [0.15, 0.2) is 0 Å². The van der Waals surface area contributed by atoms with E-state index in [9.17, 15) is 0 Å². The Morgan fingerprint density at radius 3 is 2.90 bits per heavy atom. The zero-order valence-electron chi connectivity index (χ0n) is 12.8. The molecular formula is C16H26ClN3. The minimum atomic E-state index is 0.472. The summed E-state index contributed by atoms with van der Waals surface area (Å²) in [5.41, 5.74) is 1.15. The number of nitrogens with zero attached hydrogens (tertiary/aromatic N) is 2. The lowest BCUT2D eigenvalue weighted by atomic mass is 10.00. The van der Waals surface area contributed by atoms with Crippen molar-refractivity contribution in [2.75, 3.05) is 11.4 Å². The molecule has 1 aliphatic rings. The number of hydrogen-bond donors (Lipinski definition) is 1. The van der Waals surface area contributed by atoms with Gasteiger partial charge in [-0.25, -0.2) is 4.98 Å². The Bertz CT molecular complexity index is 434. The van der Waals surface area contributed by atoms with Crippen LogP contribution in [0.3, 0.4) is 0 Å². The molecule has 2 rings (SSSR count). The van der Waals surface area contributed by atoms with E-state index < -0.39 is 0 Å². The van der Waals surface area contributed by atoms with Crippen molar-refractivity contribution in [1.82, 2.24) is 10.3 Å². The fourth-order valence-corrected chi connectivity index (χ4v) is 3.10. The summed E-state index contributed by atoms with van der Waals surface area (Å²) >= 11 is 6.47. The first kappa shape index (κ1) is 15.6. The van der Waals surface area contributed by atoms with Crippen LogP contribution in [-0.4, -0.2) is 23.6 Å². The van der Waals surface area contributed by atoms with Crippen molar-refractivity contribution in [3.8, 4) is 0 Å². The topological polar surface area (TPSA) is 28.2 Å². The number of anilines is 1. The van der Waals surface area contributed by atoms with Crippen LogP contribution in [0.2, 0.25) is 5.02 Å². The molecule has 0 amide bonds. The van der Waals surface area contributed by atoms with Crippen molar-refractivity contribution >= 4 is 17.4 Å². The molecule has 0 radical (unpaired) electrons. The van der Waals surface area contributed by atoms with Crippen molar-refractivity contribution in [2.45, 2.75) is 65.1 Å². The highest BCUT2D eigenvalue weighted by Gasteiger charge is 2.23. The van der Waals surface area contributed by atoms with E-state index in [2.05, 4.69) is 42.0 Å². The molecule has 0 aromatic carbocycles. The molecular weight excluding hydrogens is 270 g/mol. The number of halogens is 1. The van der Waals surface area contributed by atoms with E-state index >= 15 is 0 Å². The summed E-state index contributed by atoms with van der Waals surface area (Å²) in [5, 5.41) is 4.18. The summed E-state index contributed by atoms with van der Waals surface area (Å²) in [6, 6.07) is 3.12. The Kier molecular flexibility index (Phi) is 5.67. The van der Waals surface area contributed by atoms with Crippen LogP contribution in [0, 0.1) is 0 Å². The van der Waals surface area contributed by atoms with Crippen LogP contribution in [0.25, 0.3) is 0 Å². The van der Waals surface area contributed by atoms with E-state index in [4.69, 9.17) is 11.6 Å². The van der Waals surface area contributed by atoms with E-state index in [0.29, 0.717) is 12.1 Å². The lowest BCUT2D eigenvalue weighted by molar-refractivity contribution is 0.447. The maximum Gasteiger partial charge on any atom is 0.147 e. The van der Waals surface area contributed by atoms with Crippen LogP contribution in [0.4, 0.5) is 5.82 Å². The lowest BCUT2D eigenvalue weighted by Crippen LogP contribution is -2.39. The number of pyridine rings is 1. The smallest absolute Gasteiger partial charge is 0.147 e. The standard InChI is InChI=1S/C16H26ClN3/c1-4-14-7-5-6-8-20(14)16-15(17)9-13(11-19-16)10-18-12(2)3/h9,11-12,14,18H,4-8,10H2,1-3H3. The van der Waals surface area contributed by atoms with Crippen molar-refractivity contribution in [3.63, 3.8) is 0 Å². The summed E-state index contributed by atoms with van der Waals surface area (Å²) in [6.07, 6.45) is 6.94. The van der Waals surface area contributed by atoms with Gasteiger partial charge in [-0.3, -0.25) is 0 Å². The maximum atomic E-state index is 6.47. The highest BCUT2D eigenvalue weighted by Crippen LogP contribution is 2.30. The first-order valence-corrected chi connectivity index (χ1v) is 8.14. The monoisotopic (exact) mass is 295 g/mol. The van der Waals surface area contributed by atoms with Crippen LogP contribution in [0.15, 0.2) is 12.3 Å². The summed E-state index contributed by atoms with van der Waals surface area (Å²) in [7, 11) is 0. The Morgan fingerprint density at radius 1 is 1.45 bits per heavy atom. The van der Waals surface area contributed by atoms with Gasteiger partial charge in [-0.05, 0) is 37.3 Å². The molecule has 1 unspecified atom stereocenters. The van der Waals surface area contributed by atoms with Crippen molar-refractivity contribution in [2.24, 2.45) is 0 Å². The lowest BCUT2D eigenvalue weighted by Gasteiger charge is -2.36. The molecule has 0 aliphatic carbocycles. The summed E-state index contributed by atoms with van der Waals surface area (Å²) in [5.74, 6) is 0.964. The number of hydrogen-bond acceptors (Lipinski definition) is 3. The Hall–Kier alpha value is -0.800. The van der Waals surface area contributed by atoms with Gasteiger partial charge < -0.3 is 10.2 Å². The predicted molar refractivity (Wildman–Crippen MR) is 86.5 cm³/mol. The zero-order valence-corrected chi connectivity index (χ0v) is 13.6. The molecule has 1 aliphatic heterocycles. The number of nitrogens with one attached hydrogen (secondary N) is 1. The molecule has 0 spiro atoms. The van der Waals surface area contributed by atoms with E-state index in [1.165, 1.54) is 19.3 Å². The average Bonchev–Trinajstić information content (AvgIpc) is 2.45. The second-order valence-corrected chi connectivity index (χ2v) is 6.34. The molecule has 1 N–H and O–H groups in total. The van der Waals surface area contributed by atoms with Gasteiger partial charge in [0.1, 0.15) is 5.82 Å². The molecule has 1 atom stereocenters. The minimum Gasteiger partial charge on any atom is -0.352 e. The SMILES string of the molecule is CCC1CCCCN1c1ncc(CNC(C)C)cc1Cl. The molecule has 1 fully saturated rings. The van der Waals surface area contributed by atoms with Crippen molar-refractivity contribution < 1.29 is 0 Å². The van der Waals surface area contributed by atoms with Gasteiger partial charge in [-0.15, -0.1) is 0 Å². The third-order valence-electron chi connectivity index (χ3n) is 3.96. The predicted octanol–water partition coefficient (Wildman–Crippen LogP) is 4.00. The molecule has 1 saturated heterocycles. The molecule has 4 heteroatoms. The first-order chi connectivity index (χ1) is 9.61. The second kappa shape index (κ2) is 7.28. The highest BCUT2D eigenvalue weighted by atomic mass is 35.5. The molecule has 112 valence electrons. The van der Waals surface area contributed by atoms with Gasteiger partial charge >= 0.3 is 0 Å². The molecule has 3 nitrogen and oxygen atoms in total. The van der Waals surface area contributed by atoms with Crippen LogP contribution in [0.1, 0.15) is 52.0 Å². The summed E-state index contributed by atoms with van der Waals surface area (Å²) < 4.78 is 0. The second-order valence-electron chi connectivity index (χ2n) is 5.94. The first-order valence-electron chi connectivity index (χ1n) is 7.76. The normalized spacial score (nSPS) is 19.6. The van der Waals surface area contributed by atoms with Gasteiger partial charge in [0.05, 0.1) is 5.02 Å². The Morgan fingerprint density at radius 2 is 2.25 bits per heavy atom. The van der Waals surface area contributed by atoms with Crippen LogP contribution >= 0.6 is 11.6 Å². The van der Waals surface area contributed by atoms with Gasteiger partial charge in [-0.2, -0.15) is 0 Å². The molecule has 1 aromatic heterocycles. The molecule has 2 heterocycles. The highest BCUT2D eigenvalue weighted by molar-refractivity contribution is 6.33. The quantitative estimate of drug-likeness (QED) is 0.890. The van der Waals surface area contributed by atoms with Crippen LogP contribution in [-0.2, 0) is 6.54 Å². The largest absolute Gasteiger partial charge is 0.352 e. The van der Waals surface area contributed by atoms with Crippen LogP contribution < -0.4 is 10.2 Å². The molecule has 0 saturated carbocycles. The Balaban J connectivity index is 2.12. The summed E-state index contributed by atoms with van der Waals surface area (Å²) in [4.78, 5) is 7.03. The number of piperidine rings is 1. The van der Waals surface area contributed by atoms with Gasteiger partial charge in [-0.1, -0.05) is 32.4 Å². The zero-order chi connectivity index (χ0) is 14.5. The van der Waals surface area contributed by atoms with E-state index in [1.54, 1.807) is 0 Å². The van der Waals surface area contributed by atoms with Crippen molar-refractivity contribution in [1.29, 1.82) is 0 Å². The Labute approximate surface area is 127 Å². The average molecular weight is 296 g/mol. The third-order valence-corrected chi connectivity index (χ3v) is 4.24. The van der Waals surface area contributed by atoms with E-state index in [1.807, 2.05) is 6.20 Å². The van der Waals surface area contributed by atoms with Gasteiger partial charge in [0.2, 0.25) is 0 Å². The number of rotatable bonds is 5. The molecule has 1 aromatic rings. The van der Waals surface area contributed by atoms with Crippen molar-refractivity contribution in [3.05, 3.63) is 22.8 Å². The minimum absolute atomic E-state index is 0.472. The fourth-order valence-electron chi connectivity index (χ4n) is 2.80. The van der Waals surface area contributed by atoms with Crippen LogP contribution in [0.5, 0.6) is 0 Å². The molecule has 0 bridgehead atoms. The fraction of sp³-hybridized carbons (Fsp3) is 0.688.